The van der Waals surface area contributed by atoms with E-state index in [1.807, 2.05) is 80.6 Å². The minimum atomic E-state index is -1.06. The number of fused-ring (bicyclic) bond motifs is 1. The third-order valence-electron chi connectivity index (χ3n) is 6.67. The summed E-state index contributed by atoms with van der Waals surface area (Å²) in [6.07, 6.45) is 0. The Morgan fingerprint density at radius 2 is 1.59 bits per heavy atom. The van der Waals surface area contributed by atoms with E-state index in [9.17, 15) is 19.5 Å². The number of aliphatic imine (C=N–C) groups is 1. The van der Waals surface area contributed by atoms with Crippen LogP contribution in [0.4, 0.5) is 17.1 Å². The van der Waals surface area contributed by atoms with E-state index in [4.69, 9.17) is 4.99 Å². The number of carbonyl (C=O) groups excluding carboxylic acids is 2. The van der Waals surface area contributed by atoms with E-state index in [2.05, 4.69) is 10.2 Å². The van der Waals surface area contributed by atoms with Gasteiger partial charge in [-0.1, -0.05) is 36.4 Å². The summed E-state index contributed by atoms with van der Waals surface area (Å²) in [5.74, 6) is -2.05. The van der Waals surface area contributed by atoms with Crippen molar-refractivity contribution in [2.45, 2.75) is 5.92 Å². The van der Waals surface area contributed by atoms with E-state index in [-0.39, 0.29) is 17.4 Å². The standard InChI is InChI=1S/C30H33N5O4/c1-33(2)16-17-34(3)19-26(36)35(4)23-13-11-22(12-14-23)31-28(20-8-6-5-7-9-20)27-24-15-10-21(30(38)39)18-25(24)32-29(27)37/h5-15,18,27H,16-17,19H2,1-4H3,(H,32,37)(H,38,39). The number of nitrogens with zero attached hydrogens (tertiary/aromatic N) is 4. The third-order valence-corrected chi connectivity index (χ3v) is 6.67. The fraction of sp³-hybridized carbons (Fsp3) is 0.267. The molecule has 0 aromatic heterocycles. The minimum absolute atomic E-state index is 0.0163. The molecule has 0 aliphatic carbocycles. The number of anilines is 2. The molecule has 0 radical (unpaired) electrons. The molecule has 2 N–H and O–H groups in total. The number of rotatable bonds is 10. The van der Waals surface area contributed by atoms with Gasteiger partial charge in [-0.2, -0.15) is 0 Å². The average Bonchev–Trinajstić information content (AvgIpc) is 3.25. The van der Waals surface area contributed by atoms with Gasteiger partial charge in [-0.05, 0) is 68.7 Å². The number of hydrogen-bond donors (Lipinski definition) is 2. The molecular weight excluding hydrogens is 494 g/mol. The van der Waals surface area contributed by atoms with Crippen LogP contribution in [-0.2, 0) is 9.59 Å². The van der Waals surface area contributed by atoms with Crippen molar-refractivity contribution < 1.29 is 19.5 Å². The second kappa shape index (κ2) is 12.0. The van der Waals surface area contributed by atoms with Gasteiger partial charge >= 0.3 is 5.97 Å². The van der Waals surface area contributed by atoms with Crippen molar-refractivity contribution in [1.29, 1.82) is 0 Å². The number of amides is 2. The highest BCUT2D eigenvalue weighted by molar-refractivity contribution is 6.24. The zero-order valence-electron chi connectivity index (χ0n) is 22.6. The van der Waals surface area contributed by atoms with Crippen LogP contribution in [0.1, 0.15) is 27.4 Å². The van der Waals surface area contributed by atoms with Gasteiger partial charge in [-0.25, -0.2) is 4.79 Å². The fourth-order valence-electron chi connectivity index (χ4n) is 4.39. The smallest absolute Gasteiger partial charge is 0.335 e. The molecule has 9 heteroatoms. The first-order valence-electron chi connectivity index (χ1n) is 12.7. The molecule has 3 aromatic carbocycles. The van der Waals surface area contributed by atoms with Crippen LogP contribution in [0, 0.1) is 0 Å². The third kappa shape index (κ3) is 6.57. The number of nitrogens with one attached hydrogen (secondary N) is 1. The largest absolute Gasteiger partial charge is 0.478 e. The van der Waals surface area contributed by atoms with E-state index >= 15 is 0 Å². The number of benzene rings is 3. The van der Waals surface area contributed by atoms with E-state index in [0.29, 0.717) is 29.2 Å². The zero-order valence-corrected chi connectivity index (χ0v) is 22.6. The molecule has 39 heavy (non-hydrogen) atoms. The molecule has 9 nitrogen and oxygen atoms in total. The molecule has 4 rings (SSSR count). The molecule has 0 saturated carbocycles. The lowest BCUT2D eigenvalue weighted by Gasteiger charge is -2.23. The molecular formula is C30H33N5O4. The molecule has 1 aliphatic heterocycles. The SMILES string of the molecule is CN(C)CCN(C)CC(=O)N(C)c1ccc(N=C(c2ccccc2)C2C(=O)Nc3cc(C(=O)O)ccc32)cc1. The maximum Gasteiger partial charge on any atom is 0.335 e. The fourth-order valence-corrected chi connectivity index (χ4v) is 4.39. The number of carboxylic acid groups (broad SMARTS) is 1. The Bertz CT molecular complexity index is 1390. The number of carbonyl (C=O) groups is 3. The van der Waals surface area contributed by atoms with Gasteiger partial charge in [0.25, 0.3) is 0 Å². The molecule has 0 bridgehead atoms. The Hall–Kier alpha value is -4.34. The summed E-state index contributed by atoms with van der Waals surface area (Å²) in [4.78, 5) is 47.9. The number of hydrogen-bond acceptors (Lipinski definition) is 6. The van der Waals surface area contributed by atoms with Crippen molar-refractivity contribution in [1.82, 2.24) is 9.80 Å². The maximum absolute atomic E-state index is 13.1. The van der Waals surface area contributed by atoms with E-state index in [0.717, 1.165) is 24.3 Å². The summed E-state index contributed by atoms with van der Waals surface area (Å²) in [5, 5.41) is 12.2. The van der Waals surface area contributed by atoms with Crippen molar-refractivity contribution >= 4 is 40.6 Å². The molecule has 3 aromatic rings. The van der Waals surface area contributed by atoms with E-state index in [1.54, 1.807) is 18.0 Å². The topological polar surface area (TPSA) is 106 Å². The van der Waals surface area contributed by atoms with Crippen molar-refractivity contribution in [2.75, 3.05) is 58.0 Å². The predicted octanol–water partition coefficient (Wildman–Crippen LogP) is 3.70. The molecule has 2 amide bonds. The van der Waals surface area contributed by atoms with Gasteiger partial charge in [-0.15, -0.1) is 0 Å². The van der Waals surface area contributed by atoms with Crippen molar-refractivity contribution in [2.24, 2.45) is 4.99 Å². The molecule has 1 aliphatic rings. The molecule has 202 valence electrons. The van der Waals surface area contributed by atoms with Gasteiger partial charge < -0.3 is 20.2 Å². The van der Waals surface area contributed by atoms with Crippen molar-refractivity contribution in [3.05, 3.63) is 89.5 Å². The number of carboxylic acids is 1. The van der Waals surface area contributed by atoms with Crippen LogP contribution in [0.5, 0.6) is 0 Å². The molecule has 0 spiro atoms. The molecule has 0 fully saturated rings. The van der Waals surface area contributed by atoms with Gasteiger partial charge in [0.15, 0.2) is 0 Å². The van der Waals surface area contributed by atoms with Crippen LogP contribution in [0.2, 0.25) is 0 Å². The van der Waals surface area contributed by atoms with Gasteiger partial charge in [0, 0.05) is 31.5 Å². The highest BCUT2D eigenvalue weighted by atomic mass is 16.4. The second-order valence-electron chi connectivity index (χ2n) is 9.90. The Kier molecular flexibility index (Phi) is 8.53. The molecule has 1 atom stereocenters. The molecule has 0 saturated heterocycles. The summed E-state index contributed by atoms with van der Waals surface area (Å²) in [6.45, 7) is 1.97. The van der Waals surface area contributed by atoms with Gasteiger partial charge in [0.05, 0.1) is 23.5 Å². The second-order valence-corrected chi connectivity index (χ2v) is 9.90. The highest BCUT2D eigenvalue weighted by Gasteiger charge is 2.35. The summed E-state index contributed by atoms with van der Waals surface area (Å²) in [6, 6.07) is 21.4. The van der Waals surface area contributed by atoms with Gasteiger partial charge in [0.2, 0.25) is 11.8 Å². The molecule has 1 unspecified atom stereocenters. The first kappa shape index (κ1) is 27.7. The lowest BCUT2D eigenvalue weighted by atomic mass is 9.90. The van der Waals surface area contributed by atoms with Gasteiger partial charge in [-0.3, -0.25) is 19.5 Å². The van der Waals surface area contributed by atoms with Crippen LogP contribution in [0.3, 0.4) is 0 Å². The van der Waals surface area contributed by atoms with Crippen LogP contribution in [0.15, 0.2) is 77.8 Å². The van der Waals surface area contributed by atoms with Crippen molar-refractivity contribution in [3.8, 4) is 0 Å². The summed E-state index contributed by atoms with van der Waals surface area (Å²) in [7, 11) is 7.68. The molecule has 1 heterocycles. The zero-order chi connectivity index (χ0) is 28.1. The lowest BCUT2D eigenvalue weighted by molar-refractivity contribution is -0.119. The Morgan fingerprint density at radius 1 is 0.897 bits per heavy atom. The first-order valence-corrected chi connectivity index (χ1v) is 12.7. The summed E-state index contributed by atoms with van der Waals surface area (Å²) in [5.41, 5.74) is 3.95. The highest BCUT2D eigenvalue weighted by Crippen LogP contribution is 2.37. The quantitative estimate of drug-likeness (QED) is 0.390. The first-order chi connectivity index (χ1) is 18.6. The average molecular weight is 528 g/mol. The minimum Gasteiger partial charge on any atom is -0.478 e. The van der Waals surface area contributed by atoms with E-state index < -0.39 is 11.9 Å². The van der Waals surface area contributed by atoms with Crippen LogP contribution >= 0.6 is 0 Å². The predicted molar refractivity (Wildman–Crippen MR) is 153 cm³/mol. The normalized spacial score (nSPS) is 14.9. The maximum atomic E-state index is 13.1. The lowest BCUT2D eigenvalue weighted by Crippen LogP contribution is -2.39. The van der Waals surface area contributed by atoms with Crippen molar-refractivity contribution in [3.63, 3.8) is 0 Å². The van der Waals surface area contributed by atoms with E-state index in [1.165, 1.54) is 12.1 Å². The van der Waals surface area contributed by atoms with Crippen LogP contribution < -0.4 is 10.2 Å². The van der Waals surface area contributed by atoms with Crippen LogP contribution in [-0.4, -0.2) is 86.2 Å². The monoisotopic (exact) mass is 527 g/mol. The Morgan fingerprint density at radius 3 is 2.23 bits per heavy atom. The van der Waals surface area contributed by atoms with Gasteiger partial charge in [0.1, 0.15) is 5.92 Å². The Balaban J connectivity index is 1.60. The Labute approximate surface area is 228 Å². The number of likely N-dealkylation sites (N-methyl/N-ethyl adjacent to an activating group) is 3. The summed E-state index contributed by atoms with van der Waals surface area (Å²) < 4.78 is 0. The summed E-state index contributed by atoms with van der Waals surface area (Å²) >= 11 is 0. The number of aromatic carboxylic acids is 1. The van der Waals surface area contributed by atoms with Crippen LogP contribution in [0.25, 0.3) is 0 Å².